The molecule has 2 saturated heterocycles. The van der Waals surface area contributed by atoms with Crippen LogP contribution < -0.4 is 25.8 Å². The summed E-state index contributed by atoms with van der Waals surface area (Å²) in [7, 11) is 3.06. The molecule has 0 unspecified atom stereocenters. The quantitative estimate of drug-likeness (QED) is 0.473. The second-order valence-electron chi connectivity index (χ2n) is 9.14. The highest BCUT2D eigenvalue weighted by atomic mass is 35.5. The van der Waals surface area contributed by atoms with Crippen molar-refractivity contribution >= 4 is 40.9 Å². The molecular weight excluding hydrogens is 488 g/mol. The molecule has 0 saturated carbocycles. The van der Waals surface area contributed by atoms with E-state index in [1.165, 1.54) is 19.1 Å². The molecule has 4 amide bonds. The molecule has 2 fully saturated rings. The van der Waals surface area contributed by atoms with Crippen molar-refractivity contribution in [1.82, 2.24) is 10.2 Å². The van der Waals surface area contributed by atoms with E-state index in [1.54, 1.807) is 30.3 Å². The lowest BCUT2D eigenvalue weighted by molar-refractivity contribution is -0.142. The summed E-state index contributed by atoms with van der Waals surface area (Å²) in [5.74, 6) is -2.90. The SMILES string of the molecule is COc1ccc(CCN2C(=O)[C@H]3[C@H](CC(N)=O)N[C@@]4(C(=O)Nc5ccc(Cl)cc54)[C@@H]3C2=O)cc1OC. The van der Waals surface area contributed by atoms with E-state index in [2.05, 4.69) is 10.6 Å². The van der Waals surface area contributed by atoms with Gasteiger partial charge in [0, 0.05) is 35.3 Å². The van der Waals surface area contributed by atoms with Gasteiger partial charge in [0.05, 0.1) is 26.1 Å². The Morgan fingerprint density at radius 2 is 1.83 bits per heavy atom. The van der Waals surface area contributed by atoms with Crippen LogP contribution in [0.1, 0.15) is 17.5 Å². The van der Waals surface area contributed by atoms with Gasteiger partial charge in [0.2, 0.25) is 23.6 Å². The second-order valence-corrected chi connectivity index (χ2v) is 9.58. The lowest BCUT2D eigenvalue weighted by Crippen LogP contribution is -2.53. The zero-order chi connectivity index (χ0) is 25.8. The van der Waals surface area contributed by atoms with Crippen LogP contribution in [0.3, 0.4) is 0 Å². The molecule has 5 rings (SSSR count). The number of imide groups is 1. The molecule has 3 heterocycles. The monoisotopic (exact) mass is 512 g/mol. The van der Waals surface area contributed by atoms with E-state index in [1.807, 2.05) is 6.07 Å². The van der Waals surface area contributed by atoms with Crippen LogP contribution in [0.5, 0.6) is 11.5 Å². The summed E-state index contributed by atoms with van der Waals surface area (Å²) in [4.78, 5) is 53.7. The number of nitrogens with one attached hydrogen (secondary N) is 2. The zero-order valence-corrected chi connectivity index (χ0v) is 20.4. The highest BCUT2D eigenvalue weighted by Crippen LogP contribution is 2.53. The van der Waals surface area contributed by atoms with Crippen LogP contribution in [0.2, 0.25) is 5.02 Å². The summed E-state index contributed by atoms with van der Waals surface area (Å²) >= 11 is 6.23. The maximum absolute atomic E-state index is 13.8. The van der Waals surface area contributed by atoms with Gasteiger partial charge in [0.1, 0.15) is 5.54 Å². The fourth-order valence-electron chi connectivity index (χ4n) is 5.72. The summed E-state index contributed by atoms with van der Waals surface area (Å²) in [6, 6.07) is 9.46. The van der Waals surface area contributed by atoms with Gasteiger partial charge in [-0.3, -0.25) is 29.4 Å². The van der Waals surface area contributed by atoms with E-state index in [4.69, 9.17) is 26.8 Å². The molecule has 2 aromatic rings. The van der Waals surface area contributed by atoms with E-state index < -0.39 is 47.0 Å². The lowest BCUT2D eigenvalue weighted by Gasteiger charge is -2.29. The molecule has 10 nitrogen and oxygen atoms in total. The first kappa shape index (κ1) is 24.1. The average molecular weight is 513 g/mol. The van der Waals surface area contributed by atoms with Gasteiger partial charge in [-0.15, -0.1) is 0 Å². The van der Waals surface area contributed by atoms with Gasteiger partial charge in [-0.1, -0.05) is 17.7 Å². The van der Waals surface area contributed by atoms with Gasteiger partial charge in [-0.2, -0.15) is 0 Å². The topological polar surface area (TPSA) is 140 Å². The Balaban J connectivity index is 1.49. The van der Waals surface area contributed by atoms with E-state index in [0.717, 1.165) is 5.56 Å². The Bertz CT molecular complexity index is 1300. The number of benzene rings is 2. The van der Waals surface area contributed by atoms with Gasteiger partial charge in [0.15, 0.2) is 11.5 Å². The number of fused-ring (bicyclic) bond motifs is 4. The Hall–Kier alpha value is -3.63. The third kappa shape index (κ3) is 3.51. The van der Waals surface area contributed by atoms with E-state index in [-0.39, 0.29) is 13.0 Å². The summed E-state index contributed by atoms with van der Waals surface area (Å²) in [6.07, 6.45) is 0.168. The predicted molar refractivity (Wildman–Crippen MR) is 129 cm³/mol. The first-order chi connectivity index (χ1) is 17.2. The van der Waals surface area contributed by atoms with Crippen molar-refractivity contribution in [1.29, 1.82) is 0 Å². The fraction of sp³-hybridized carbons (Fsp3) is 0.360. The normalized spacial score (nSPS) is 26.2. The maximum atomic E-state index is 13.8. The van der Waals surface area contributed by atoms with Crippen molar-refractivity contribution in [2.75, 3.05) is 26.1 Å². The van der Waals surface area contributed by atoms with E-state index >= 15 is 0 Å². The summed E-state index contributed by atoms with van der Waals surface area (Å²) in [5.41, 5.74) is 5.74. The fourth-order valence-corrected chi connectivity index (χ4v) is 5.89. The third-order valence-corrected chi connectivity index (χ3v) is 7.50. The molecule has 188 valence electrons. The van der Waals surface area contributed by atoms with Gasteiger partial charge in [-0.25, -0.2) is 0 Å². The molecule has 0 aliphatic carbocycles. The number of rotatable bonds is 7. The van der Waals surface area contributed by atoms with Gasteiger partial charge >= 0.3 is 0 Å². The minimum absolute atomic E-state index is 0.101. The van der Waals surface area contributed by atoms with E-state index in [9.17, 15) is 19.2 Å². The standard InChI is InChI=1S/C25H25ClN4O6/c1-35-17-6-3-12(9-18(17)36-2)7-8-30-22(32)20-16(11-19(27)31)29-25(21(20)23(30)33)14-10-13(26)4-5-15(14)28-24(25)34/h3-6,9-10,16,20-21,29H,7-8,11H2,1-2H3,(H2,27,31)(H,28,34)/t16-,20-,21-,25+/m0/s1. The molecule has 0 aromatic heterocycles. The average Bonchev–Trinajstić information content (AvgIpc) is 3.41. The molecular formula is C25H25ClN4O6. The van der Waals surface area contributed by atoms with Crippen molar-refractivity contribution in [2.24, 2.45) is 17.6 Å². The number of methoxy groups -OCH3 is 2. The van der Waals surface area contributed by atoms with E-state index in [0.29, 0.717) is 34.2 Å². The molecule has 36 heavy (non-hydrogen) atoms. The molecule has 1 spiro atoms. The Kier molecular flexibility index (Phi) is 5.88. The zero-order valence-electron chi connectivity index (χ0n) is 19.7. The first-order valence-electron chi connectivity index (χ1n) is 11.4. The summed E-state index contributed by atoms with van der Waals surface area (Å²) in [5, 5.41) is 6.32. The molecule has 0 bridgehead atoms. The number of hydrogen-bond acceptors (Lipinski definition) is 7. The molecule has 4 N–H and O–H groups in total. The molecule has 4 atom stereocenters. The number of ether oxygens (including phenoxy) is 2. The molecule has 2 aromatic carbocycles. The minimum Gasteiger partial charge on any atom is -0.493 e. The number of halogens is 1. The summed E-state index contributed by atoms with van der Waals surface area (Å²) < 4.78 is 10.6. The second kappa shape index (κ2) is 8.79. The van der Waals surface area contributed by atoms with Crippen molar-refractivity contribution < 1.29 is 28.7 Å². The summed E-state index contributed by atoms with van der Waals surface area (Å²) in [6.45, 7) is 0.101. The van der Waals surface area contributed by atoms with Crippen LogP contribution in [0.25, 0.3) is 0 Å². The molecule has 3 aliphatic heterocycles. The largest absolute Gasteiger partial charge is 0.493 e. The number of likely N-dealkylation sites (tertiary alicyclic amines) is 1. The van der Waals surface area contributed by atoms with Crippen LogP contribution in [0.4, 0.5) is 5.69 Å². The smallest absolute Gasteiger partial charge is 0.250 e. The van der Waals surface area contributed by atoms with Crippen LogP contribution >= 0.6 is 11.6 Å². The lowest BCUT2D eigenvalue weighted by atomic mass is 9.76. The van der Waals surface area contributed by atoms with Crippen LogP contribution in [-0.4, -0.2) is 55.3 Å². The number of nitrogens with two attached hydrogens (primary N) is 1. The van der Waals surface area contributed by atoms with Crippen LogP contribution in [0, 0.1) is 11.8 Å². The number of primary amides is 1. The Labute approximate surface area is 212 Å². The predicted octanol–water partition coefficient (Wildman–Crippen LogP) is 1.20. The number of anilines is 1. The highest BCUT2D eigenvalue weighted by molar-refractivity contribution is 6.31. The van der Waals surface area contributed by atoms with Crippen molar-refractivity contribution in [3.63, 3.8) is 0 Å². The first-order valence-corrected chi connectivity index (χ1v) is 11.8. The number of carbonyl (C=O) groups excluding carboxylic acids is 4. The minimum atomic E-state index is -1.53. The number of carbonyl (C=O) groups is 4. The Morgan fingerprint density at radius 3 is 2.53 bits per heavy atom. The maximum Gasteiger partial charge on any atom is 0.250 e. The highest BCUT2D eigenvalue weighted by Gasteiger charge is 2.70. The third-order valence-electron chi connectivity index (χ3n) is 7.26. The van der Waals surface area contributed by atoms with Crippen molar-refractivity contribution in [2.45, 2.75) is 24.4 Å². The van der Waals surface area contributed by atoms with Crippen molar-refractivity contribution in [3.8, 4) is 11.5 Å². The number of nitrogens with zero attached hydrogens (tertiary/aromatic N) is 1. The molecule has 0 radical (unpaired) electrons. The van der Waals surface area contributed by atoms with Crippen LogP contribution in [-0.2, 0) is 31.1 Å². The van der Waals surface area contributed by atoms with Gasteiger partial charge < -0.3 is 20.5 Å². The van der Waals surface area contributed by atoms with Gasteiger partial charge in [0.25, 0.3) is 0 Å². The van der Waals surface area contributed by atoms with Crippen molar-refractivity contribution in [3.05, 3.63) is 52.5 Å². The van der Waals surface area contributed by atoms with Gasteiger partial charge in [-0.05, 0) is 42.3 Å². The Morgan fingerprint density at radius 1 is 1.08 bits per heavy atom. The van der Waals surface area contributed by atoms with Crippen LogP contribution in [0.15, 0.2) is 36.4 Å². The number of amides is 4. The molecule has 11 heteroatoms. The molecule has 3 aliphatic rings. The number of hydrogen-bond donors (Lipinski definition) is 3.